The van der Waals surface area contributed by atoms with Crippen molar-refractivity contribution in [3.8, 4) is 0 Å². The molecule has 2 aliphatic heterocycles. The maximum atomic E-state index is 6.04. The Hall–Kier alpha value is -0.630. The predicted molar refractivity (Wildman–Crippen MR) is 69.8 cm³/mol. The SMILES string of the molecule is NNC(c1cn[nH]n1)C1CCOC2(CCSC2)C1. The third kappa shape index (κ3) is 2.27. The van der Waals surface area contributed by atoms with Crippen LogP contribution in [0.2, 0.25) is 0 Å². The van der Waals surface area contributed by atoms with Gasteiger partial charge in [-0.1, -0.05) is 0 Å². The molecule has 7 heteroatoms. The molecule has 0 aliphatic carbocycles. The number of nitrogens with two attached hydrogens (primary N) is 1. The molecule has 3 heterocycles. The van der Waals surface area contributed by atoms with Crippen LogP contribution in [0.1, 0.15) is 31.0 Å². The van der Waals surface area contributed by atoms with Crippen molar-refractivity contribution >= 4 is 11.8 Å². The summed E-state index contributed by atoms with van der Waals surface area (Å²) in [4.78, 5) is 0. The number of hydrazine groups is 1. The van der Waals surface area contributed by atoms with Gasteiger partial charge in [0.2, 0.25) is 0 Å². The van der Waals surface area contributed by atoms with Crippen molar-refractivity contribution in [1.82, 2.24) is 20.8 Å². The second-order valence-electron chi connectivity index (χ2n) is 5.13. The lowest BCUT2D eigenvalue weighted by Crippen LogP contribution is -2.45. The summed E-state index contributed by atoms with van der Waals surface area (Å²) in [5.41, 5.74) is 3.87. The molecule has 0 saturated carbocycles. The highest BCUT2D eigenvalue weighted by molar-refractivity contribution is 7.99. The zero-order valence-corrected chi connectivity index (χ0v) is 11.1. The molecule has 0 aromatic carbocycles. The van der Waals surface area contributed by atoms with Gasteiger partial charge in [0.15, 0.2) is 0 Å². The first kappa shape index (κ1) is 12.4. The van der Waals surface area contributed by atoms with Gasteiger partial charge in [-0.3, -0.25) is 11.3 Å². The molecule has 3 rings (SSSR count). The Kier molecular flexibility index (Phi) is 3.56. The van der Waals surface area contributed by atoms with Crippen molar-refractivity contribution < 1.29 is 4.74 Å². The molecule has 4 N–H and O–H groups in total. The highest BCUT2D eigenvalue weighted by Gasteiger charge is 2.43. The first-order chi connectivity index (χ1) is 8.83. The number of nitrogens with zero attached hydrogens (tertiary/aromatic N) is 2. The largest absolute Gasteiger partial charge is 0.374 e. The highest BCUT2D eigenvalue weighted by Crippen LogP contribution is 2.43. The summed E-state index contributed by atoms with van der Waals surface area (Å²) in [7, 11) is 0. The first-order valence-corrected chi connectivity index (χ1v) is 7.52. The number of hydrogen-bond donors (Lipinski definition) is 3. The standard InChI is InChI=1S/C11H19N5OS/c12-14-10(9-6-13-16-15-9)8-1-3-17-11(5-8)2-4-18-7-11/h6,8,10,14H,1-5,7,12H2,(H,13,15,16). The predicted octanol–water partition coefficient (Wildman–Crippen LogP) is 0.611. The molecule has 100 valence electrons. The molecule has 0 radical (unpaired) electrons. The number of ether oxygens (including phenoxy) is 1. The van der Waals surface area contributed by atoms with Gasteiger partial charge in [-0.2, -0.15) is 27.2 Å². The van der Waals surface area contributed by atoms with Gasteiger partial charge in [0.1, 0.15) is 5.69 Å². The summed E-state index contributed by atoms with van der Waals surface area (Å²) in [6.07, 6.45) is 4.98. The van der Waals surface area contributed by atoms with E-state index in [1.54, 1.807) is 6.20 Å². The van der Waals surface area contributed by atoms with Crippen LogP contribution in [0.5, 0.6) is 0 Å². The van der Waals surface area contributed by atoms with Crippen LogP contribution in [0, 0.1) is 5.92 Å². The summed E-state index contributed by atoms with van der Waals surface area (Å²) in [6, 6.07) is 0.0649. The van der Waals surface area contributed by atoms with E-state index in [-0.39, 0.29) is 11.6 Å². The quantitative estimate of drug-likeness (QED) is 0.550. The van der Waals surface area contributed by atoms with Crippen LogP contribution in [0.4, 0.5) is 0 Å². The van der Waals surface area contributed by atoms with E-state index in [9.17, 15) is 0 Å². The van der Waals surface area contributed by atoms with Crippen LogP contribution >= 0.6 is 11.8 Å². The van der Waals surface area contributed by atoms with Crippen LogP contribution in [-0.4, -0.2) is 39.1 Å². The average molecular weight is 269 g/mol. The van der Waals surface area contributed by atoms with Crippen molar-refractivity contribution in [3.05, 3.63) is 11.9 Å². The molecule has 1 aromatic rings. The van der Waals surface area contributed by atoms with Crippen LogP contribution in [0.25, 0.3) is 0 Å². The molecule has 0 amide bonds. The smallest absolute Gasteiger partial charge is 0.101 e. The fourth-order valence-corrected chi connectivity index (χ4v) is 4.41. The minimum Gasteiger partial charge on any atom is -0.374 e. The Balaban J connectivity index is 1.74. The van der Waals surface area contributed by atoms with Gasteiger partial charge in [-0.25, -0.2) is 0 Å². The third-order valence-corrected chi connectivity index (χ3v) is 5.22. The van der Waals surface area contributed by atoms with Crippen molar-refractivity contribution in [3.63, 3.8) is 0 Å². The Bertz CT molecular complexity index is 379. The number of nitrogens with one attached hydrogen (secondary N) is 2. The zero-order chi connectivity index (χ0) is 12.4. The van der Waals surface area contributed by atoms with Crippen molar-refractivity contribution in [2.75, 3.05) is 18.1 Å². The van der Waals surface area contributed by atoms with Crippen molar-refractivity contribution in [2.24, 2.45) is 11.8 Å². The number of rotatable bonds is 3. The Morgan fingerprint density at radius 2 is 2.61 bits per heavy atom. The molecule has 3 atom stereocenters. The second-order valence-corrected chi connectivity index (χ2v) is 6.23. The third-order valence-electron chi connectivity index (χ3n) is 4.00. The molecule has 2 aliphatic rings. The second kappa shape index (κ2) is 5.16. The van der Waals surface area contributed by atoms with Gasteiger partial charge in [-0.15, -0.1) is 0 Å². The Morgan fingerprint density at radius 1 is 1.67 bits per heavy atom. The Morgan fingerprint density at radius 3 is 3.28 bits per heavy atom. The van der Waals surface area contributed by atoms with Crippen LogP contribution in [0.3, 0.4) is 0 Å². The van der Waals surface area contributed by atoms with E-state index in [1.165, 1.54) is 5.75 Å². The zero-order valence-electron chi connectivity index (χ0n) is 10.3. The van der Waals surface area contributed by atoms with Crippen molar-refractivity contribution in [2.45, 2.75) is 30.9 Å². The minimum atomic E-state index is 0.0649. The fourth-order valence-electron chi connectivity index (χ4n) is 3.04. The maximum Gasteiger partial charge on any atom is 0.101 e. The number of hydrogen-bond acceptors (Lipinski definition) is 6. The van der Waals surface area contributed by atoms with E-state index >= 15 is 0 Å². The molecule has 6 nitrogen and oxygen atoms in total. The molecule has 2 saturated heterocycles. The van der Waals surface area contributed by atoms with Gasteiger partial charge < -0.3 is 4.74 Å². The lowest BCUT2D eigenvalue weighted by Gasteiger charge is -2.40. The molecular formula is C11H19N5OS. The number of aromatic nitrogens is 3. The summed E-state index contributed by atoms with van der Waals surface area (Å²) in [6.45, 7) is 0.821. The van der Waals surface area contributed by atoms with Crippen LogP contribution in [-0.2, 0) is 4.74 Å². The number of thioether (sulfide) groups is 1. The van der Waals surface area contributed by atoms with Gasteiger partial charge in [0.25, 0.3) is 0 Å². The summed E-state index contributed by atoms with van der Waals surface area (Å²) in [5, 5.41) is 10.7. The van der Waals surface area contributed by atoms with Crippen LogP contribution < -0.4 is 11.3 Å². The lowest BCUT2D eigenvalue weighted by molar-refractivity contribution is -0.0856. The number of aromatic amines is 1. The van der Waals surface area contributed by atoms with Gasteiger partial charge in [-0.05, 0) is 30.9 Å². The van der Waals surface area contributed by atoms with E-state index in [2.05, 4.69) is 20.8 Å². The molecule has 2 fully saturated rings. The molecule has 3 unspecified atom stereocenters. The number of H-pyrrole nitrogens is 1. The fraction of sp³-hybridized carbons (Fsp3) is 0.818. The van der Waals surface area contributed by atoms with Gasteiger partial charge in [0.05, 0.1) is 17.8 Å². The molecule has 18 heavy (non-hydrogen) atoms. The van der Waals surface area contributed by atoms with Crippen LogP contribution in [0.15, 0.2) is 6.20 Å². The van der Waals surface area contributed by atoms with E-state index < -0.39 is 0 Å². The molecule has 1 aromatic heterocycles. The maximum absolute atomic E-state index is 6.04. The lowest BCUT2D eigenvalue weighted by atomic mass is 9.80. The van der Waals surface area contributed by atoms with E-state index in [0.717, 1.165) is 37.3 Å². The van der Waals surface area contributed by atoms with Crippen molar-refractivity contribution in [1.29, 1.82) is 0 Å². The normalized spacial score (nSPS) is 33.9. The molecule has 1 spiro atoms. The summed E-state index contributed by atoms with van der Waals surface area (Å²) in [5.74, 6) is 8.49. The molecular weight excluding hydrogens is 250 g/mol. The monoisotopic (exact) mass is 269 g/mol. The first-order valence-electron chi connectivity index (χ1n) is 6.36. The van der Waals surface area contributed by atoms with Gasteiger partial charge in [0, 0.05) is 12.4 Å². The summed E-state index contributed by atoms with van der Waals surface area (Å²) < 4.78 is 6.04. The average Bonchev–Trinajstić information content (AvgIpc) is 3.03. The summed E-state index contributed by atoms with van der Waals surface area (Å²) >= 11 is 1.99. The Labute approximate surface area is 110 Å². The molecule has 0 bridgehead atoms. The van der Waals surface area contributed by atoms with E-state index in [4.69, 9.17) is 10.6 Å². The minimum absolute atomic E-state index is 0.0649. The van der Waals surface area contributed by atoms with E-state index in [0.29, 0.717) is 5.92 Å². The highest BCUT2D eigenvalue weighted by atomic mass is 32.2. The topological polar surface area (TPSA) is 88.8 Å². The van der Waals surface area contributed by atoms with E-state index in [1.807, 2.05) is 11.8 Å². The van der Waals surface area contributed by atoms with Gasteiger partial charge >= 0.3 is 0 Å².